The zero-order valence-electron chi connectivity index (χ0n) is 17.9. The van der Waals surface area contributed by atoms with Crippen LogP contribution in [-0.4, -0.2) is 57.0 Å². The van der Waals surface area contributed by atoms with E-state index in [1.807, 2.05) is 4.90 Å². The Morgan fingerprint density at radius 3 is 2.53 bits per heavy atom. The van der Waals surface area contributed by atoms with E-state index in [2.05, 4.69) is 20.3 Å². The highest BCUT2D eigenvalue weighted by molar-refractivity contribution is 6.30. The zero-order valence-corrected chi connectivity index (χ0v) is 18.7. The van der Waals surface area contributed by atoms with Crippen LogP contribution >= 0.6 is 11.6 Å². The van der Waals surface area contributed by atoms with Gasteiger partial charge in [-0.1, -0.05) is 17.7 Å². The van der Waals surface area contributed by atoms with E-state index in [0.717, 1.165) is 5.56 Å². The first-order valence-electron chi connectivity index (χ1n) is 10.6. The molecule has 1 aliphatic heterocycles. The summed E-state index contributed by atoms with van der Waals surface area (Å²) in [6, 6.07) is 12.8. The zero-order chi connectivity index (χ0) is 23.7. The number of halogens is 2. The molecular weight excluding hydrogens is 459 g/mol. The third kappa shape index (κ3) is 4.53. The Hall–Kier alpha value is -4.05. The lowest BCUT2D eigenvalue weighted by molar-refractivity contribution is 0.208. The van der Waals surface area contributed by atoms with Crippen molar-refractivity contribution in [3.8, 4) is 11.3 Å². The van der Waals surface area contributed by atoms with Crippen molar-refractivity contribution >= 4 is 46.2 Å². The van der Waals surface area contributed by atoms with Crippen molar-refractivity contribution in [3.05, 3.63) is 65.6 Å². The molecule has 9 nitrogen and oxygen atoms in total. The van der Waals surface area contributed by atoms with Crippen LogP contribution in [0.15, 0.2) is 54.7 Å². The second-order valence-electron chi connectivity index (χ2n) is 7.75. The number of amides is 2. The minimum absolute atomic E-state index is 0.0902. The summed E-state index contributed by atoms with van der Waals surface area (Å²) in [6.07, 6.45) is 1.57. The van der Waals surface area contributed by atoms with Crippen LogP contribution in [0.4, 0.5) is 26.6 Å². The lowest BCUT2D eigenvalue weighted by Crippen LogP contribution is -2.50. The molecule has 0 atom stereocenters. The number of nitrogens with two attached hydrogens (primary N) is 1. The molecule has 1 aliphatic rings. The first-order chi connectivity index (χ1) is 16.5. The molecule has 0 saturated carbocycles. The van der Waals surface area contributed by atoms with Crippen molar-refractivity contribution in [1.82, 2.24) is 24.8 Å². The topological polar surface area (TPSA) is 113 Å². The second-order valence-corrected chi connectivity index (χ2v) is 8.19. The third-order valence-electron chi connectivity index (χ3n) is 5.49. The van der Waals surface area contributed by atoms with Crippen LogP contribution in [0.25, 0.3) is 22.4 Å². The number of urea groups is 1. The summed E-state index contributed by atoms with van der Waals surface area (Å²) < 4.78 is 13.3. The first-order valence-corrected chi connectivity index (χ1v) is 11.0. The number of benzene rings is 2. The van der Waals surface area contributed by atoms with Crippen molar-refractivity contribution in [2.24, 2.45) is 0 Å². The minimum atomic E-state index is -0.327. The molecule has 0 spiro atoms. The molecule has 0 radical (unpaired) electrons. The fourth-order valence-corrected chi connectivity index (χ4v) is 3.97. The molecule has 0 aliphatic carbocycles. The van der Waals surface area contributed by atoms with Gasteiger partial charge in [0.2, 0.25) is 5.95 Å². The smallest absolute Gasteiger partial charge is 0.321 e. The summed E-state index contributed by atoms with van der Waals surface area (Å²) in [5.41, 5.74) is 8.72. The van der Waals surface area contributed by atoms with Crippen LogP contribution in [0.5, 0.6) is 0 Å². The standard InChI is InChI=1S/C23H20ClFN8O/c24-15-2-1-3-17(12-15)28-23(34)33-10-8-32(9-11-33)21-19-20(30-22(26)31-21)27-13-18(29-19)14-4-6-16(25)7-5-14/h1-7,12-13H,8-11H2,(H,28,34)(H2,26,27,30,31). The van der Waals surface area contributed by atoms with E-state index in [1.54, 1.807) is 47.5 Å². The number of rotatable bonds is 3. The Balaban J connectivity index is 1.36. The molecule has 2 aromatic carbocycles. The molecule has 34 heavy (non-hydrogen) atoms. The van der Waals surface area contributed by atoms with Crippen LogP contribution < -0.4 is 16.0 Å². The number of hydrogen-bond acceptors (Lipinski definition) is 7. The van der Waals surface area contributed by atoms with Gasteiger partial charge in [0.15, 0.2) is 17.0 Å². The van der Waals surface area contributed by atoms with E-state index in [4.69, 9.17) is 22.3 Å². The van der Waals surface area contributed by atoms with E-state index >= 15 is 0 Å². The van der Waals surface area contributed by atoms with Crippen LogP contribution in [0, 0.1) is 5.82 Å². The van der Waals surface area contributed by atoms with Gasteiger partial charge in [0.25, 0.3) is 0 Å². The molecule has 4 aromatic rings. The summed E-state index contributed by atoms with van der Waals surface area (Å²) in [4.78, 5) is 34.1. The lowest BCUT2D eigenvalue weighted by Gasteiger charge is -2.35. The Kier molecular flexibility index (Phi) is 5.81. The van der Waals surface area contributed by atoms with E-state index in [9.17, 15) is 9.18 Å². The van der Waals surface area contributed by atoms with Crippen LogP contribution in [0.3, 0.4) is 0 Å². The number of aromatic nitrogens is 4. The predicted molar refractivity (Wildman–Crippen MR) is 129 cm³/mol. The minimum Gasteiger partial charge on any atom is -0.368 e. The van der Waals surface area contributed by atoms with Crippen molar-refractivity contribution in [2.75, 3.05) is 42.1 Å². The Morgan fingerprint density at radius 1 is 1.03 bits per heavy atom. The number of nitrogens with zero attached hydrogens (tertiary/aromatic N) is 6. The molecule has 0 unspecified atom stereocenters. The number of hydrogen-bond donors (Lipinski definition) is 2. The van der Waals surface area contributed by atoms with Gasteiger partial charge < -0.3 is 20.9 Å². The molecule has 2 amide bonds. The maximum absolute atomic E-state index is 13.3. The number of nitrogen functional groups attached to an aromatic ring is 1. The predicted octanol–water partition coefficient (Wildman–Crippen LogP) is 3.82. The second kappa shape index (κ2) is 9.06. The average Bonchev–Trinajstić information content (AvgIpc) is 2.84. The number of carbonyl (C=O) groups is 1. The molecule has 172 valence electrons. The molecule has 3 heterocycles. The molecule has 5 rings (SSSR count). The molecule has 11 heteroatoms. The molecule has 2 aromatic heterocycles. The third-order valence-corrected chi connectivity index (χ3v) is 5.72. The van der Waals surface area contributed by atoms with E-state index in [0.29, 0.717) is 59.6 Å². The summed E-state index contributed by atoms with van der Waals surface area (Å²) in [7, 11) is 0. The number of piperazine rings is 1. The van der Waals surface area contributed by atoms with E-state index < -0.39 is 0 Å². The maximum atomic E-state index is 13.3. The lowest BCUT2D eigenvalue weighted by atomic mass is 10.1. The van der Waals surface area contributed by atoms with Gasteiger partial charge >= 0.3 is 6.03 Å². The monoisotopic (exact) mass is 478 g/mol. The van der Waals surface area contributed by atoms with Crippen molar-refractivity contribution < 1.29 is 9.18 Å². The largest absolute Gasteiger partial charge is 0.368 e. The van der Waals surface area contributed by atoms with E-state index in [1.165, 1.54) is 12.1 Å². The number of fused-ring (bicyclic) bond motifs is 1. The van der Waals surface area contributed by atoms with Gasteiger partial charge in [0.05, 0.1) is 11.9 Å². The summed E-state index contributed by atoms with van der Waals surface area (Å²) in [5.74, 6) is 0.313. The number of nitrogens with one attached hydrogen (secondary N) is 1. The highest BCUT2D eigenvalue weighted by atomic mass is 35.5. The quantitative estimate of drug-likeness (QED) is 0.460. The number of carbonyl (C=O) groups excluding carboxylic acids is 1. The molecule has 3 N–H and O–H groups in total. The molecule has 0 bridgehead atoms. The highest BCUT2D eigenvalue weighted by Gasteiger charge is 2.25. The fourth-order valence-electron chi connectivity index (χ4n) is 3.78. The molecular formula is C23H20ClFN8O. The van der Waals surface area contributed by atoms with Gasteiger partial charge in [0.1, 0.15) is 5.82 Å². The van der Waals surface area contributed by atoms with Gasteiger partial charge in [-0.15, -0.1) is 0 Å². The normalized spacial score (nSPS) is 13.8. The SMILES string of the molecule is Nc1nc(N2CCN(C(=O)Nc3cccc(Cl)c3)CC2)c2nc(-c3ccc(F)cc3)cnc2n1. The van der Waals surface area contributed by atoms with Crippen molar-refractivity contribution in [1.29, 1.82) is 0 Å². The maximum Gasteiger partial charge on any atom is 0.321 e. The van der Waals surface area contributed by atoms with Gasteiger partial charge in [0, 0.05) is 42.5 Å². The Labute approximate surface area is 199 Å². The van der Waals surface area contributed by atoms with Crippen LogP contribution in [0.1, 0.15) is 0 Å². The van der Waals surface area contributed by atoms with Crippen LogP contribution in [0.2, 0.25) is 5.02 Å². The molecule has 1 fully saturated rings. The van der Waals surface area contributed by atoms with Gasteiger partial charge in [-0.3, -0.25) is 0 Å². The Morgan fingerprint density at radius 2 is 1.79 bits per heavy atom. The van der Waals surface area contributed by atoms with Crippen molar-refractivity contribution in [2.45, 2.75) is 0 Å². The van der Waals surface area contributed by atoms with Gasteiger partial charge in [-0.25, -0.2) is 19.2 Å². The Bertz CT molecular complexity index is 1360. The summed E-state index contributed by atoms with van der Waals surface area (Å²) in [5, 5.41) is 3.42. The highest BCUT2D eigenvalue weighted by Crippen LogP contribution is 2.26. The fraction of sp³-hybridized carbons (Fsp3) is 0.174. The van der Waals surface area contributed by atoms with E-state index in [-0.39, 0.29) is 17.8 Å². The summed E-state index contributed by atoms with van der Waals surface area (Å²) >= 11 is 6.00. The van der Waals surface area contributed by atoms with Crippen LogP contribution in [-0.2, 0) is 0 Å². The van der Waals surface area contributed by atoms with Gasteiger partial charge in [-0.2, -0.15) is 9.97 Å². The van der Waals surface area contributed by atoms with Crippen molar-refractivity contribution in [3.63, 3.8) is 0 Å². The summed E-state index contributed by atoms with van der Waals surface area (Å²) in [6.45, 7) is 2.00. The average molecular weight is 479 g/mol. The van der Waals surface area contributed by atoms with Gasteiger partial charge in [-0.05, 0) is 42.5 Å². The first kappa shape index (κ1) is 21.8. The number of anilines is 3. The molecule has 1 saturated heterocycles.